The van der Waals surface area contributed by atoms with E-state index in [0.29, 0.717) is 5.56 Å². The van der Waals surface area contributed by atoms with Crippen LogP contribution in [0.2, 0.25) is 0 Å². The number of aryl methyl sites for hydroxylation is 1. The zero-order valence-corrected chi connectivity index (χ0v) is 11.7. The third-order valence-electron chi connectivity index (χ3n) is 3.86. The maximum Gasteiger partial charge on any atom is 0.196 e. The van der Waals surface area contributed by atoms with E-state index in [1.807, 2.05) is 6.07 Å². The normalized spacial score (nSPS) is 13.5. The van der Waals surface area contributed by atoms with Gasteiger partial charge in [-0.3, -0.25) is 4.79 Å². The molecule has 0 saturated carbocycles. The molecular formula is C17H15F2NO. The van der Waals surface area contributed by atoms with Gasteiger partial charge in [-0.05, 0) is 43.0 Å². The fourth-order valence-electron chi connectivity index (χ4n) is 2.69. The summed E-state index contributed by atoms with van der Waals surface area (Å²) in [6.45, 7) is 2.33. The Kier molecular flexibility index (Phi) is 3.45. The van der Waals surface area contributed by atoms with Gasteiger partial charge in [0.1, 0.15) is 0 Å². The van der Waals surface area contributed by atoms with Gasteiger partial charge in [0, 0.05) is 17.8 Å². The second-order valence-corrected chi connectivity index (χ2v) is 5.25. The van der Waals surface area contributed by atoms with E-state index in [1.54, 1.807) is 12.1 Å². The molecule has 1 aliphatic rings. The van der Waals surface area contributed by atoms with E-state index in [-0.39, 0.29) is 11.1 Å². The largest absolute Gasteiger partial charge is 0.385 e. The van der Waals surface area contributed by atoms with E-state index in [9.17, 15) is 13.6 Å². The highest BCUT2D eigenvalue weighted by Gasteiger charge is 2.22. The number of rotatable bonds is 2. The zero-order valence-electron chi connectivity index (χ0n) is 11.7. The first-order valence-electron chi connectivity index (χ1n) is 6.94. The average molecular weight is 287 g/mol. The number of nitrogens with one attached hydrogen (secondary N) is 1. The summed E-state index contributed by atoms with van der Waals surface area (Å²) in [5.41, 5.74) is 2.22. The van der Waals surface area contributed by atoms with E-state index >= 15 is 0 Å². The van der Waals surface area contributed by atoms with Gasteiger partial charge in [0.25, 0.3) is 0 Å². The standard InChI is InChI=1S/C17H15F2NO/c1-10-7-8-13(16(19)15(10)18)17(21)12-4-2-6-14-11(12)5-3-9-20-14/h2,4,6-8,20H,3,5,9H2,1H3. The Labute approximate surface area is 121 Å². The molecule has 0 aromatic heterocycles. The van der Waals surface area contributed by atoms with Crippen molar-refractivity contribution in [3.8, 4) is 0 Å². The van der Waals surface area contributed by atoms with Crippen molar-refractivity contribution in [2.75, 3.05) is 11.9 Å². The average Bonchev–Trinajstić information content (AvgIpc) is 2.51. The molecule has 4 heteroatoms. The van der Waals surface area contributed by atoms with Gasteiger partial charge in [0.05, 0.1) is 5.56 Å². The number of ketones is 1. The number of fused-ring (bicyclic) bond motifs is 1. The minimum absolute atomic E-state index is 0.195. The number of hydrogen-bond donors (Lipinski definition) is 1. The van der Waals surface area contributed by atoms with E-state index in [4.69, 9.17) is 0 Å². The number of carbonyl (C=O) groups excluding carboxylic acids is 1. The molecule has 0 bridgehead atoms. The van der Waals surface area contributed by atoms with E-state index in [2.05, 4.69) is 5.32 Å². The fraction of sp³-hybridized carbons (Fsp3) is 0.235. The van der Waals surface area contributed by atoms with Crippen molar-refractivity contribution < 1.29 is 13.6 Å². The second kappa shape index (κ2) is 5.28. The summed E-state index contributed by atoms with van der Waals surface area (Å²) in [6, 6.07) is 8.11. The van der Waals surface area contributed by atoms with Crippen molar-refractivity contribution in [1.29, 1.82) is 0 Å². The van der Waals surface area contributed by atoms with Gasteiger partial charge in [-0.25, -0.2) is 8.78 Å². The molecule has 0 fully saturated rings. The Morgan fingerprint density at radius 3 is 2.71 bits per heavy atom. The molecule has 0 aliphatic carbocycles. The van der Waals surface area contributed by atoms with Crippen LogP contribution in [-0.4, -0.2) is 12.3 Å². The van der Waals surface area contributed by atoms with Crippen LogP contribution in [0.5, 0.6) is 0 Å². The van der Waals surface area contributed by atoms with Crippen molar-refractivity contribution in [3.63, 3.8) is 0 Å². The maximum atomic E-state index is 14.0. The molecule has 2 aromatic rings. The fourth-order valence-corrected chi connectivity index (χ4v) is 2.69. The van der Waals surface area contributed by atoms with Gasteiger partial charge in [-0.15, -0.1) is 0 Å². The first kappa shape index (κ1) is 13.7. The van der Waals surface area contributed by atoms with Gasteiger partial charge < -0.3 is 5.32 Å². The summed E-state index contributed by atoms with van der Waals surface area (Å²) in [4.78, 5) is 12.6. The summed E-state index contributed by atoms with van der Waals surface area (Å²) in [7, 11) is 0. The lowest BCUT2D eigenvalue weighted by Crippen LogP contribution is -2.16. The smallest absolute Gasteiger partial charge is 0.196 e. The Bertz CT molecular complexity index is 725. The van der Waals surface area contributed by atoms with Crippen LogP contribution in [0.15, 0.2) is 30.3 Å². The molecule has 3 rings (SSSR count). The van der Waals surface area contributed by atoms with Gasteiger partial charge in [0.15, 0.2) is 17.4 Å². The van der Waals surface area contributed by atoms with Gasteiger partial charge >= 0.3 is 0 Å². The molecule has 108 valence electrons. The Balaban J connectivity index is 2.10. The van der Waals surface area contributed by atoms with Crippen molar-refractivity contribution >= 4 is 11.5 Å². The minimum Gasteiger partial charge on any atom is -0.385 e. The van der Waals surface area contributed by atoms with Crippen LogP contribution in [0.3, 0.4) is 0 Å². The van der Waals surface area contributed by atoms with Gasteiger partial charge in [0.2, 0.25) is 0 Å². The molecule has 0 amide bonds. The van der Waals surface area contributed by atoms with E-state index in [1.165, 1.54) is 19.1 Å². The molecule has 1 N–H and O–H groups in total. The van der Waals surface area contributed by atoms with Crippen LogP contribution in [0.25, 0.3) is 0 Å². The number of carbonyl (C=O) groups is 1. The van der Waals surface area contributed by atoms with Crippen molar-refractivity contribution in [2.24, 2.45) is 0 Å². The molecule has 0 atom stereocenters. The van der Waals surface area contributed by atoms with E-state index < -0.39 is 17.4 Å². The lowest BCUT2D eigenvalue weighted by molar-refractivity contribution is 0.103. The summed E-state index contributed by atoms with van der Waals surface area (Å²) < 4.78 is 27.7. The SMILES string of the molecule is Cc1ccc(C(=O)c2cccc3c2CCCN3)c(F)c1F. The summed E-state index contributed by atoms with van der Waals surface area (Å²) in [6.07, 6.45) is 1.68. The van der Waals surface area contributed by atoms with Crippen molar-refractivity contribution in [1.82, 2.24) is 0 Å². The van der Waals surface area contributed by atoms with Crippen molar-refractivity contribution in [3.05, 3.63) is 64.2 Å². The quantitative estimate of drug-likeness (QED) is 0.850. The first-order chi connectivity index (χ1) is 10.1. The van der Waals surface area contributed by atoms with Gasteiger partial charge in [-0.1, -0.05) is 18.2 Å². The molecule has 1 heterocycles. The molecule has 0 unspecified atom stereocenters. The number of anilines is 1. The molecular weight excluding hydrogens is 272 g/mol. The molecule has 2 nitrogen and oxygen atoms in total. The zero-order chi connectivity index (χ0) is 15.0. The number of hydrogen-bond acceptors (Lipinski definition) is 2. The molecule has 1 aliphatic heterocycles. The highest BCUT2D eigenvalue weighted by Crippen LogP contribution is 2.28. The molecule has 2 aromatic carbocycles. The van der Waals surface area contributed by atoms with Crippen LogP contribution in [0.4, 0.5) is 14.5 Å². The lowest BCUT2D eigenvalue weighted by atomic mass is 9.92. The minimum atomic E-state index is -1.07. The monoisotopic (exact) mass is 287 g/mol. The Morgan fingerprint density at radius 1 is 1.10 bits per heavy atom. The topological polar surface area (TPSA) is 29.1 Å². The molecule has 0 spiro atoms. The Hall–Kier alpha value is -2.23. The molecule has 0 radical (unpaired) electrons. The van der Waals surface area contributed by atoms with Crippen molar-refractivity contribution in [2.45, 2.75) is 19.8 Å². The third kappa shape index (κ3) is 2.31. The summed E-state index contributed by atoms with van der Waals surface area (Å²) >= 11 is 0. The number of benzene rings is 2. The van der Waals surface area contributed by atoms with Crippen LogP contribution >= 0.6 is 0 Å². The molecule has 21 heavy (non-hydrogen) atoms. The van der Waals surface area contributed by atoms with Gasteiger partial charge in [-0.2, -0.15) is 0 Å². The third-order valence-corrected chi connectivity index (χ3v) is 3.86. The van der Waals surface area contributed by atoms with Crippen LogP contribution in [0.1, 0.15) is 33.5 Å². The maximum absolute atomic E-state index is 14.0. The van der Waals surface area contributed by atoms with Crippen LogP contribution < -0.4 is 5.32 Å². The van der Waals surface area contributed by atoms with E-state index in [0.717, 1.165) is 30.6 Å². The van der Waals surface area contributed by atoms with Crippen LogP contribution in [0, 0.1) is 18.6 Å². The first-order valence-corrected chi connectivity index (χ1v) is 6.94. The second-order valence-electron chi connectivity index (χ2n) is 5.25. The number of halogens is 2. The highest BCUT2D eigenvalue weighted by molar-refractivity contribution is 6.10. The van der Waals surface area contributed by atoms with Crippen LogP contribution in [-0.2, 0) is 6.42 Å². The lowest BCUT2D eigenvalue weighted by Gasteiger charge is -2.20. The molecule has 0 saturated heterocycles. The Morgan fingerprint density at radius 2 is 1.90 bits per heavy atom. The summed E-state index contributed by atoms with van der Waals surface area (Å²) in [5, 5.41) is 3.22. The predicted molar refractivity (Wildman–Crippen MR) is 77.8 cm³/mol. The predicted octanol–water partition coefficient (Wildman–Crippen LogP) is 3.86. The summed E-state index contributed by atoms with van der Waals surface area (Å²) in [5.74, 6) is -2.49. The highest BCUT2D eigenvalue weighted by atomic mass is 19.2.